The average Bonchev–Trinajstić information content (AvgIpc) is 2.76. The lowest BCUT2D eigenvalue weighted by molar-refractivity contribution is -0.137. The molecule has 1 aliphatic rings. The SMILES string of the molecule is C[C@H](CC(=O)N[C@H]1CC(=O)N(C)C1)c1ccc(C(F)(F)F)cc1. The molecule has 1 fully saturated rings. The third-order valence-electron chi connectivity index (χ3n) is 4.00. The van der Waals surface area contributed by atoms with E-state index in [0.29, 0.717) is 12.1 Å². The summed E-state index contributed by atoms with van der Waals surface area (Å²) in [7, 11) is 1.68. The number of benzene rings is 1. The molecule has 2 amide bonds. The van der Waals surface area contributed by atoms with Gasteiger partial charge < -0.3 is 10.2 Å². The highest BCUT2D eigenvalue weighted by molar-refractivity contribution is 5.82. The monoisotopic (exact) mass is 328 g/mol. The van der Waals surface area contributed by atoms with Crippen LogP contribution in [-0.4, -0.2) is 36.3 Å². The number of nitrogens with one attached hydrogen (secondary N) is 1. The van der Waals surface area contributed by atoms with E-state index in [1.807, 2.05) is 0 Å². The molecule has 0 spiro atoms. The van der Waals surface area contributed by atoms with Crippen molar-refractivity contribution in [2.45, 2.75) is 37.9 Å². The van der Waals surface area contributed by atoms with Gasteiger partial charge in [0.15, 0.2) is 0 Å². The average molecular weight is 328 g/mol. The van der Waals surface area contributed by atoms with Crippen LogP contribution in [0.25, 0.3) is 0 Å². The van der Waals surface area contributed by atoms with Crippen molar-refractivity contribution in [2.24, 2.45) is 0 Å². The van der Waals surface area contributed by atoms with E-state index in [0.717, 1.165) is 12.1 Å². The van der Waals surface area contributed by atoms with Gasteiger partial charge in [-0.1, -0.05) is 19.1 Å². The molecule has 2 atom stereocenters. The molecule has 1 heterocycles. The Morgan fingerprint density at radius 3 is 2.43 bits per heavy atom. The highest BCUT2D eigenvalue weighted by Crippen LogP contribution is 2.30. The zero-order valence-electron chi connectivity index (χ0n) is 13.0. The zero-order valence-corrected chi connectivity index (χ0v) is 13.0. The fraction of sp³-hybridized carbons (Fsp3) is 0.500. The molecule has 0 radical (unpaired) electrons. The van der Waals surface area contributed by atoms with Crippen molar-refractivity contribution in [1.82, 2.24) is 10.2 Å². The second-order valence-corrected chi connectivity index (χ2v) is 5.97. The predicted octanol–water partition coefficient (Wildman–Crippen LogP) is 2.55. The summed E-state index contributed by atoms with van der Waals surface area (Å²) in [6, 6.07) is 4.64. The van der Waals surface area contributed by atoms with Gasteiger partial charge in [0.05, 0.1) is 11.6 Å². The number of rotatable bonds is 4. The van der Waals surface area contributed by atoms with Crippen LogP contribution >= 0.6 is 0 Å². The third kappa shape index (κ3) is 4.46. The Bertz CT molecular complexity index is 584. The van der Waals surface area contributed by atoms with Crippen LogP contribution < -0.4 is 5.32 Å². The summed E-state index contributed by atoms with van der Waals surface area (Å²) < 4.78 is 37.6. The lowest BCUT2D eigenvalue weighted by atomic mass is 9.96. The summed E-state index contributed by atoms with van der Waals surface area (Å²) >= 11 is 0. The number of carbonyl (C=O) groups excluding carboxylic acids is 2. The van der Waals surface area contributed by atoms with Crippen LogP contribution in [0.5, 0.6) is 0 Å². The van der Waals surface area contributed by atoms with Gasteiger partial charge in [-0.25, -0.2) is 0 Å². The quantitative estimate of drug-likeness (QED) is 0.923. The summed E-state index contributed by atoms with van der Waals surface area (Å²) in [6.07, 6.45) is -3.91. The first-order chi connectivity index (χ1) is 10.7. The smallest absolute Gasteiger partial charge is 0.351 e. The Kier molecular flexibility index (Phi) is 4.97. The number of hydrogen-bond donors (Lipinski definition) is 1. The van der Waals surface area contributed by atoms with E-state index in [2.05, 4.69) is 5.32 Å². The minimum absolute atomic E-state index is 0.00825. The fourth-order valence-electron chi connectivity index (χ4n) is 2.64. The number of amides is 2. The summed E-state index contributed by atoms with van der Waals surface area (Å²) in [5.41, 5.74) is -0.0295. The fourth-order valence-corrected chi connectivity index (χ4v) is 2.64. The molecule has 1 aromatic carbocycles. The van der Waals surface area contributed by atoms with Crippen molar-refractivity contribution >= 4 is 11.8 Å². The summed E-state index contributed by atoms with van der Waals surface area (Å²) in [5, 5.41) is 2.79. The van der Waals surface area contributed by atoms with Crippen LogP contribution in [0.2, 0.25) is 0 Å². The molecule has 7 heteroatoms. The minimum Gasteiger partial charge on any atom is -0.351 e. The van der Waals surface area contributed by atoms with Crippen LogP contribution in [0.1, 0.15) is 36.8 Å². The lowest BCUT2D eigenvalue weighted by Crippen LogP contribution is -2.36. The van der Waals surface area contributed by atoms with Gasteiger partial charge in [-0.05, 0) is 23.6 Å². The van der Waals surface area contributed by atoms with E-state index in [9.17, 15) is 22.8 Å². The van der Waals surface area contributed by atoms with Crippen LogP contribution in [0.3, 0.4) is 0 Å². The van der Waals surface area contributed by atoms with Crippen LogP contribution in [0, 0.1) is 0 Å². The van der Waals surface area contributed by atoms with Crippen LogP contribution in [0.15, 0.2) is 24.3 Å². The Hall–Kier alpha value is -2.05. The Labute approximate surface area is 132 Å². The number of nitrogens with zero attached hydrogens (tertiary/aromatic N) is 1. The van der Waals surface area contributed by atoms with E-state index in [-0.39, 0.29) is 36.6 Å². The van der Waals surface area contributed by atoms with Crippen LogP contribution in [0.4, 0.5) is 13.2 Å². The maximum atomic E-state index is 12.5. The second-order valence-electron chi connectivity index (χ2n) is 5.97. The molecular formula is C16H19F3N2O2. The molecule has 0 aromatic heterocycles. The number of likely N-dealkylation sites (tertiary alicyclic amines) is 1. The second kappa shape index (κ2) is 6.60. The van der Waals surface area contributed by atoms with Gasteiger partial charge in [-0.15, -0.1) is 0 Å². The molecular weight excluding hydrogens is 309 g/mol. The minimum atomic E-state index is -4.36. The van der Waals surface area contributed by atoms with E-state index in [1.54, 1.807) is 18.9 Å². The van der Waals surface area contributed by atoms with Crippen molar-refractivity contribution in [3.63, 3.8) is 0 Å². The first-order valence-corrected chi connectivity index (χ1v) is 7.37. The molecule has 1 saturated heterocycles. The molecule has 0 aliphatic carbocycles. The highest BCUT2D eigenvalue weighted by atomic mass is 19.4. The van der Waals surface area contributed by atoms with Crippen molar-refractivity contribution in [3.8, 4) is 0 Å². The molecule has 1 aliphatic heterocycles. The van der Waals surface area contributed by atoms with Crippen LogP contribution in [-0.2, 0) is 15.8 Å². The van der Waals surface area contributed by atoms with Crippen molar-refractivity contribution < 1.29 is 22.8 Å². The van der Waals surface area contributed by atoms with Crippen molar-refractivity contribution in [2.75, 3.05) is 13.6 Å². The van der Waals surface area contributed by atoms with Gasteiger partial charge in [0.1, 0.15) is 0 Å². The van der Waals surface area contributed by atoms with Crippen molar-refractivity contribution in [3.05, 3.63) is 35.4 Å². The van der Waals surface area contributed by atoms with E-state index >= 15 is 0 Å². The largest absolute Gasteiger partial charge is 0.416 e. The normalized spacial score (nSPS) is 19.8. The zero-order chi connectivity index (χ0) is 17.2. The van der Waals surface area contributed by atoms with Gasteiger partial charge in [-0.3, -0.25) is 9.59 Å². The third-order valence-corrected chi connectivity index (χ3v) is 4.00. The molecule has 2 rings (SSSR count). The lowest BCUT2D eigenvalue weighted by Gasteiger charge is -2.16. The number of hydrogen-bond acceptors (Lipinski definition) is 2. The Morgan fingerprint density at radius 2 is 1.96 bits per heavy atom. The first kappa shape index (κ1) is 17.3. The molecule has 0 saturated carbocycles. The van der Waals surface area contributed by atoms with E-state index in [1.165, 1.54) is 12.1 Å². The first-order valence-electron chi connectivity index (χ1n) is 7.37. The molecule has 23 heavy (non-hydrogen) atoms. The standard InChI is InChI=1S/C16H19F3N2O2/c1-10(11-3-5-12(6-4-11)16(17,18)19)7-14(22)20-13-8-15(23)21(2)9-13/h3-6,10,13H,7-9H2,1-2H3,(H,20,22)/t10-,13+/m1/s1. The van der Waals surface area contributed by atoms with Gasteiger partial charge in [0, 0.05) is 26.4 Å². The highest BCUT2D eigenvalue weighted by Gasteiger charge is 2.30. The topological polar surface area (TPSA) is 49.4 Å². The Morgan fingerprint density at radius 1 is 1.35 bits per heavy atom. The predicted molar refractivity (Wildman–Crippen MR) is 78.7 cm³/mol. The summed E-state index contributed by atoms with van der Waals surface area (Å²) in [4.78, 5) is 25.0. The molecule has 4 nitrogen and oxygen atoms in total. The molecule has 1 N–H and O–H groups in total. The summed E-state index contributed by atoms with van der Waals surface area (Å²) in [6.45, 7) is 2.27. The van der Waals surface area contributed by atoms with E-state index in [4.69, 9.17) is 0 Å². The van der Waals surface area contributed by atoms with Gasteiger partial charge in [0.25, 0.3) is 0 Å². The van der Waals surface area contributed by atoms with E-state index < -0.39 is 11.7 Å². The van der Waals surface area contributed by atoms with Gasteiger partial charge >= 0.3 is 6.18 Å². The van der Waals surface area contributed by atoms with Gasteiger partial charge in [-0.2, -0.15) is 13.2 Å². The number of alkyl halides is 3. The number of likely N-dealkylation sites (N-methyl/N-ethyl adjacent to an activating group) is 1. The number of halogens is 3. The number of carbonyl (C=O) groups is 2. The van der Waals surface area contributed by atoms with Crippen molar-refractivity contribution in [1.29, 1.82) is 0 Å². The molecule has 0 unspecified atom stereocenters. The summed E-state index contributed by atoms with van der Waals surface area (Å²) in [5.74, 6) is -0.413. The molecule has 0 bridgehead atoms. The molecule has 1 aromatic rings. The Balaban J connectivity index is 1.90. The molecule has 126 valence electrons. The van der Waals surface area contributed by atoms with Gasteiger partial charge in [0.2, 0.25) is 11.8 Å². The maximum absolute atomic E-state index is 12.5. The maximum Gasteiger partial charge on any atom is 0.416 e.